The van der Waals surface area contributed by atoms with Crippen LogP contribution in [0, 0.1) is 0 Å². The smallest absolute Gasteiger partial charge is 0.0165 e. The topological polar surface area (TPSA) is 30.5 Å². The SMILES string of the molecule is C1CN(CCSSCCN2CCNCC2)CCN1. The summed E-state index contributed by atoms with van der Waals surface area (Å²) >= 11 is 0. The summed E-state index contributed by atoms with van der Waals surface area (Å²) in [6, 6.07) is 0. The van der Waals surface area contributed by atoms with Gasteiger partial charge in [0.2, 0.25) is 0 Å². The maximum Gasteiger partial charge on any atom is 0.0165 e. The van der Waals surface area contributed by atoms with Crippen molar-refractivity contribution in [2.45, 2.75) is 0 Å². The van der Waals surface area contributed by atoms with Gasteiger partial charge in [-0.15, -0.1) is 0 Å². The minimum atomic E-state index is 1.17. The van der Waals surface area contributed by atoms with Crippen LogP contribution in [0.2, 0.25) is 0 Å². The van der Waals surface area contributed by atoms with Crippen LogP contribution in [-0.2, 0) is 0 Å². The second kappa shape index (κ2) is 9.44. The third-order valence-corrected chi connectivity index (χ3v) is 5.85. The van der Waals surface area contributed by atoms with E-state index in [4.69, 9.17) is 0 Å². The van der Waals surface area contributed by atoms with Crippen molar-refractivity contribution in [1.29, 1.82) is 0 Å². The molecule has 2 saturated heterocycles. The van der Waals surface area contributed by atoms with Crippen LogP contribution in [0.25, 0.3) is 0 Å². The third kappa shape index (κ3) is 6.12. The fraction of sp³-hybridized carbons (Fsp3) is 1.00. The molecule has 2 rings (SSSR count). The van der Waals surface area contributed by atoms with Crippen molar-refractivity contribution in [3.63, 3.8) is 0 Å². The van der Waals surface area contributed by atoms with Crippen molar-refractivity contribution in [2.75, 3.05) is 77.0 Å². The van der Waals surface area contributed by atoms with Crippen molar-refractivity contribution in [3.05, 3.63) is 0 Å². The van der Waals surface area contributed by atoms with Gasteiger partial charge in [-0.05, 0) is 0 Å². The number of hydrogen-bond donors (Lipinski definition) is 2. The minimum absolute atomic E-state index is 1.17. The molecule has 2 aliphatic heterocycles. The molecule has 2 N–H and O–H groups in total. The number of nitrogens with one attached hydrogen (secondary N) is 2. The predicted molar refractivity (Wildman–Crippen MR) is 83.5 cm³/mol. The number of hydrogen-bond acceptors (Lipinski definition) is 6. The molecule has 0 saturated carbocycles. The van der Waals surface area contributed by atoms with E-state index >= 15 is 0 Å². The van der Waals surface area contributed by atoms with Crippen LogP contribution in [0.1, 0.15) is 0 Å². The van der Waals surface area contributed by atoms with Gasteiger partial charge in [0.1, 0.15) is 0 Å². The summed E-state index contributed by atoms with van der Waals surface area (Å²) in [5, 5.41) is 6.79. The van der Waals surface area contributed by atoms with E-state index in [1.165, 1.54) is 77.0 Å². The third-order valence-electron chi connectivity index (χ3n) is 3.48. The predicted octanol–water partition coefficient (Wildman–Crippen LogP) is 0.178. The van der Waals surface area contributed by atoms with Crippen LogP contribution < -0.4 is 10.6 Å². The Balaban J connectivity index is 1.39. The summed E-state index contributed by atoms with van der Waals surface area (Å²) in [5.74, 6) is 2.54. The van der Waals surface area contributed by atoms with Gasteiger partial charge in [0.25, 0.3) is 0 Å². The largest absolute Gasteiger partial charge is 0.314 e. The zero-order valence-electron chi connectivity index (χ0n) is 11.2. The van der Waals surface area contributed by atoms with Crippen LogP contribution in [-0.4, -0.2) is 86.8 Å². The van der Waals surface area contributed by atoms with Gasteiger partial charge in [0, 0.05) is 77.0 Å². The summed E-state index contributed by atoms with van der Waals surface area (Å²) in [7, 11) is 4.10. The van der Waals surface area contributed by atoms with E-state index in [0.29, 0.717) is 0 Å². The molecule has 6 heteroatoms. The Morgan fingerprint density at radius 3 is 1.44 bits per heavy atom. The van der Waals surface area contributed by atoms with Gasteiger partial charge in [-0.2, -0.15) is 0 Å². The molecule has 18 heavy (non-hydrogen) atoms. The molecule has 0 aromatic carbocycles. The Labute approximate surface area is 119 Å². The van der Waals surface area contributed by atoms with Crippen molar-refractivity contribution < 1.29 is 0 Å². The standard InChI is InChI=1S/C12H26N4S2/c1-5-15(6-2-13-1)9-11-17-18-12-10-16-7-3-14-4-8-16/h13-14H,1-12H2. The highest BCUT2D eigenvalue weighted by Gasteiger charge is 2.10. The van der Waals surface area contributed by atoms with Gasteiger partial charge in [-0.25, -0.2) is 0 Å². The van der Waals surface area contributed by atoms with Gasteiger partial charge in [-0.1, -0.05) is 21.6 Å². The molecule has 0 spiro atoms. The molecule has 0 radical (unpaired) electrons. The minimum Gasteiger partial charge on any atom is -0.314 e. The lowest BCUT2D eigenvalue weighted by Gasteiger charge is -2.27. The number of piperazine rings is 2. The fourth-order valence-electron chi connectivity index (χ4n) is 2.32. The highest BCUT2D eigenvalue weighted by molar-refractivity contribution is 8.76. The average molecular weight is 291 g/mol. The molecule has 0 atom stereocenters. The number of rotatable bonds is 7. The molecule has 106 valence electrons. The van der Waals surface area contributed by atoms with Crippen LogP contribution in [0.5, 0.6) is 0 Å². The lowest BCUT2D eigenvalue weighted by Crippen LogP contribution is -2.44. The Morgan fingerprint density at radius 2 is 1.06 bits per heavy atom. The van der Waals surface area contributed by atoms with Crippen molar-refractivity contribution >= 4 is 21.6 Å². The molecule has 0 aliphatic carbocycles. The molecule has 0 aromatic rings. The summed E-state index contributed by atoms with van der Waals surface area (Å²) in [5.41, 5.74) is 0. The highest BCUT2D eigenvalue weighted by Crippen LogP contribution is 2.21. The first-order valence-corrected chi connectivity index (χ1v) is 9.54. The molecule has 2 fully saturated rings. The summed E-state index contributed by atoms with van der Waals surface area (Å²) in [6.45, 7) is 12.1. The van der Waals surface area contributed by atoms with E-state index in [1.807, 2.05) is 21.6 Å². The van der Waals surface area contributed by atoms with Crippen LogP contribution in [0.3, 0.4) is 0 Å². The van der Waals surface area contributed by atoms with Crippen molar-refractivity contribution in [1.82, 2.24) is 20.4 Å². The van der Waals surface area contributed by atoms with Crippen LogP contribution >= 0.6 is 21.6 Å². The van der Waals surface area contributed by atoms with E-state index in [2.05, 4.69) is 20.4 Å². The quantitative estimate of drug-likeness (QED) is 0.514. The van der Waals surface area contributed by atoms with Gasteiger partial charge in [-0.3, -0.25) is 9.80 Å². The monoisotopic (exact) mass is 290 g/mol. The van der Waals surface area contributed by atoms with Crippen LogP contribution in [0.4, 0.5) is 0 Å². The molecule has 0 aromatic heterocycles. The van der Waals surface area contributed by atoms with Crippen molar-refractivity contribution in [3.8, 4) is 0 Å². The summed E-state index contributed by atoms with van der Waals surface area (Å²) in [6.07, 6.45) is 0. The molecule has 4 nitrogen and oxygen atoms in total. The first kappa shape index (κ1) is 14.9. The second-order valence-corrected chi connectivity index (χ2v) is 7.53. The lowest BCUT2D eigenvalue weighted by molar-refractivity contribution is 0.255. The second-order valence-electron chi connectivity index (χ2n) is 4.83. The molecule has 2 heterocycles. The van der Waals surface area contributed by atoms with E-state index in [-0.39, 0.29) is 0 Å². The molecular formula is C12H26N4S2. The van der Waals surface area contributed by atoms with E-state index in [9.17, 15) is 0 Å². The zero-order chi connectivity index (χ0) is 12.5. The normalized spacial score (nSPS) is 23.3. The number of nitrogens with zero attached hydrogens (tertiary/aromatic N) is 2. The van der Waals surface area contributed by atoms with Crippen LogP contribution in [0.15, 0.2) is 0 Å². The Morgan fingerprint density at radius 1 is 0.667 bits per heavy atom. The first-order valence-electron chi connectivity index (χ1n) is 7.06. The van der Waals surface area contributed by atoms with E-state index in [1.54, 1.807) is 0 Å². The maximum atomic E-state index is 3.40. The first-order chi connectivity index (χ1) is 8.95. The molecule has 0 amide bonds. The Bertz CT molecular complexity index is 184. The van der Waals surface area contributed by atoms with Gasteiger partial charge < -0.3 is 10.6 Å². The van der Waals surface area contributed by atoms with Gasteiger partial charge in [0.15, 0.2) is 0 Å². The van der Waals surface area contributed by atoms with E-state index < -0.39 is 0 Å². The van der Waals surface area contributed by atoms with Gasteiger partial charge >= 0.3 is 0 Å². The molecule has 0 bridgehead atoms. The summed E-state index contributed by atoms with van der Waals surface area (Å²) < 4.78 is 0. The molecular weight excluding hydrogens is 264 g/mol. The van der Waals surface area contributed by atoms with E-state index in [0.717, 1.165) is 0 Å². The zero-order valence-corrected chi connectivity index (χ0v) is 12.8. The fourth-order valence-corrected chi connectivity index (χ4v) is 4.38. The van der Waals surface area contributed by atoms with Gasteiger partial charge in [0.05, 0.1) is 0 Å². The van der Waals surface area contributed by atoms with Crippen molar-refractivity contribution in [2.24, 2.45) is 0 Å². The molecule has 2 aliphatic rings. The Hall–Kier alpha value is 0.540. The summed E-state index contributed by atoms with van der Waals surface area (Å²) in [4.78, 5) is 5.14. The Kier molecular flexibility index (Phi) is 7.84. The average Bonchev–Trinajstić information content (AvgIpc) is 2.45. The lowest BCUT2D eigenvalue weighted by atomic mass is 10.4. The maximum absolute atomic E-state index is 3.40. The highest BCUT2D eigenvalue weighted by atomic mass is 33.1. The molecule has 0 unspecified atom stereocenters.